The number of benzene rings is 2. The van der Waals surface area contributed by atoms with Crippen LogP contribution in [0.3, 0.4) is 0 Å². The Balaban J connectivity index is 1.88. The monoisotopic (exact) mass is 345 g/mol. The maximum absolute atomic E-state index is 12.0. The number of rotatable bonds is 8. The summed E-state index contributed by atoms with van der Waals surface area (Å²) in [7, 11) is 0. The molecular formula is C19H20ClNO3. The third-order valence-corrected chi connectivity index (χ3v) is 3.35. The third kappa shape index (κ3) is 6.44. The van der Waals surface area contributed by atoms with Crippen LogP contribution in [0.2, 0.25) is 5.02 Å². The number of hydrogen-bond acceptors (Lipinski definition) is 3. The van der Waals surface area contributed by atoms with Crippen LogP contribution in [0.25, 0.3) is 6.08 Å². The zero-order valence-electron chi connectivity index (χ0n) is 13.5. The molecule has 4 nitrogen and oxygen atoms in total. The molecule has 0 unspecified atom stereocenters. The van der Waals surface area contributed by atoms with E-state index in [1.165, 1.54) is 6.08 Å². The van der Waals surface area contributed by atoms with Gasteiger partial charge < -0.3 is 14.8 Å². The second-order valence-electron chi connectivity index (χ2n) is 4.95. The van der Waals surface area contributed by atoms with Gasteiger partial charge in [-0.1, -0.05) is 29.8 Å². The number of nitrogens with one attached hydrogen (secondary N) is 1. The molecule has 0 spiro atoms. The molecule has 0 aliphatic heterocycles. The van der Waals surface area contributed by atoms with Crippen molar-refractivity contribution in [1.82, 2.24) is 0 Å². The van der Waals surface area contributed by atoms with Crippen molar-refractivity contribution in [3.05, 3.63) is 65.2 Å². The minimum Gasteiger partial charge on any atom is -0.491 e. The van der Waals surface area contributed by atoms with Crippen molar-refractivity contribution < 1.29 is 14.3 Å². The van der Waals surface area contributed by atoms with Crippen molar-refractivity contribution in [3.63, 3.8) is 0 Å². The molecule has 5 heteroatoms. The van der Waals surface area contributed by atoms with E-state index in [4.69, 9.17) is 21.1 Å². The van der Waals surface area contributed by atoms with Gasteiger partial charge in [-0.3, -0.25) is 4.79 Å². The summed E-state index contributed by atoms with van der Waals surface area (Å²) in [6, 6.07) is 14.5. The third-order valence-electron chi connectivity index (χ3n) is 3.10. The number of halogens is 1. The first-order valence-electron chi connectivity index (χ1n) is 7.72. The lowest BCUT2D eigenvalue weighted by Crippen LogP contribution is -2.09. The van der Waals surface area contributed by atoms with E-state index in [1.807, 2.05) is 37.3 Å². The van der Waals surface area contributed by atoms with Gasteiger partial charge in [0, 0.05) is 29.5 Å². The van der Waals surface area contributed by atoms with Crippen molar-refractivity contribution in [2.75, 3.05) is 25.1 Å². The van der Waals surface area contributed by atoms with Gasteiger partial charge in [0.25, 0.3) is 0 Å². The standard InChI is InChI=1S/C19H20ClNO3/c1-2-23-12-13-24-18-5-3-4-17(14-18)21-19(22)11-8-15-6-9-16(20)10-7-15/h3-11,14H,2,12-13H2,1H3,(H,21,22)/b11-8+. The Labute approximate surface area is 147 Å². The van der Waals surface area contributed by atoms with Crippen molar-refractivity contribution in [1.29, 1.82) is 0 Å². The summed E-state index contributed by atoms with van der Waals surface area (Å²) in [5, 5.41) is 3.47. The summed E-state index contributed by atoms with van der Waals surface area (Å²) in [5.41, 5.74) is 1.58. The van der Waals surface area contributed by atoms with Gasteiger partial charge in [0.2, 0.25) is 5.91 Å². The predicted molar refractivity (Wildman–Crippen MR) is 97.5 cm³/mol. The first-order valence-corrected chi connectivity index (χ1v) is 8.10. The summed E-state index contributed by atoms with van der Waals surface area (Å²) in [6.07, 6.45) is 3.21. The topological polar surface area (TPSA) is 47.6 Å². The molecule has 0 aliphatic rings. The van der Waals surface area contributed by atoms with Gasteiger partial charge in [-0.15, -0.1) is 0 Å². The maximum Gasteiger partial charge on any atom is 0.248 e. The zero-order chi connectivity index (χ0) is 17.2. The molecule has 2 aromatic carbocycles. The average molecular weight is 346 g/mol. The maximum atomic E-state index is 12.0. The summed E-state index contributed by atoms with van der Waals surface area (Å²) < 4.78 is 10.8. The molecule has 0 bridgehead atoms. The van der Waals surface area contributed by atoms with E-state index in [-0.39, 0.29) is 5.91 Å². The quantitative estimate of drug-likeness (QED) is 0.569. The molecule has 0 fully saturated rings. The summed E-state index contributed by atoms with van der Waals surface area (Å²) in [5.74, 6) is 0.477. The van der Waals surface area contributed by atoms with E-state index in [0.29, 0.717) is 36.3 Å². The van der Waals surface area contributed by atoms with Crippen molar-refractivity contribution >= 4 is 29.3 Å². The molecule has 2 rings (SSSR count). The van der Waals surface area contributed by atoms with Crippen LogP contribution in [0.4, 0.5) is 5.69 Å². The first kappa shape index (κ1) is 18.0. The molecule has 24 heavy (non-hydrogen) atoms. The molecule has 0 atom stereocenters. The average Bonchev–Trinajstić information content (AvgIpc) is 2.59. The molecular weight excluding hydrogens is 326 g/mol. The highest BCUT2D eigenvalue weighted by molar-refractivity contribution is 6.30. The van der Waals surface area contributed by atoms with Crippen LogP contribution in [-0.4, -0.2) is 25.7 Å². The van der Waals surface area contributed by atoms with E-state index in [2.05, 4.69) is 5.32 Å². The van der Waals surface area contributed by atoms with Gasteiger partial charge in [0.15, 0.2) is 0 Å². The van der Waals surface area contributed by atoms with Crippen LogP contribution in [0, 0.1) is 0 Å². The highest BCUT2D eigenvalue weighted by Gasteiger charge is 2.00. The van der Waals surface area contributed by atoms with Crippen LogP contribution in [-0.2, 0) is 9.53 Å². The Morgan fingerprint density at radius 2 is 1.96 bits per heavy atom. The van der Waals surface area contributed by atoms with Crippen LogP contribution >= 0.6 is 11.6 Å². The zero-order valence-corrected chi connectivity index (χ0v) is 14.3. The van der Waals surface area contributed by atoms with E-state index in [9.17, 15) is 4.79 Å². The van der Waals surface area contributed by atoms with Crippen LogP contribution < -0.4 is 10.1 Å². The second kappa shape index (κ2) is 9.75. The summed E-state index contributed by atoms with van der Waals surface area (Å²) in [6.45, 7) is 3.62. The van der Waals surface area contributed by atoms with Gasteiger partial charge in [-0.2, -0.15) is 0 Å². The van der Waals surface area contributed by atoms with Gasteiger partial charge in [0.1, 0.15) is 12.4 Å². The van der Waals surface area contributed by atoms with E-state index < -0.39 is 0 Å². The molecule has 0 aliphatic carbocycles. The lowest BCUT2D eigenvalue weighted by atomic mass is 10.2. The Morgan fingerprint density at radius 3 is 2.71 bits per heavy atom. The van der Waals surface area contributed by atoms with E-state index >= 15 is 0 Å². The molecule has 0 heterocycles. The highest BCUT2D eigenvalue weighted by Crippen LogP contribution is 2.17. The Hall–Kier alpha value is -2.30. The fourth-order valence-electron chi connectivity index (χ4n) is 1.96. The molecule has 0 saturated carbocycles. The Kier molecular flexibility index (Phi) is 7.33. The Morgan fingerprint density at radius 1 is 1.17 bits per heavy atom. The highest BCUT2D eigenvalue weighted by atomic mass is 35.5. The fraction of sp³-hybridized carbons (Fsp3) is 0.211. The molecule has 0 aromatic heterocycles. The Bertz CT molecular complexity index is 683. The van der Waals surface area contributed by atoms with Gasteiger partial charge in [-0.25, -0.2) is 0 Å². The first-order chi connectivity index (χ1) is 11.7. The minimum atomic E-state index is -0.212. The largest absolute Gasteiger partial charge is 0.491 e. The molecule has 126 valence electrons. The van der Waals surface area contributed by atoms with Gasteiger partial charge >= 0.3 is 0 Å². The normalized spacial score (nSPS) is 10.8. The van der Waals surface area contributed by atoms with Crippen molar-refractivity contribution in [2.45, 2.75) is 6.92 Å². The molecule has 2 aromatic rings. The summed E-state index contributed by atoms with van der Waals surface area (Å²) >= 11 is 5.83. The second-order valence-corrected chi connectivity index (χ2v) is 5.38. The molecule has 0 radical (unpaired) electrons. The minimum absolute atomic E-state index is 0.212. The predicted octanol–water partition coefficient (Wildman–Crippen LogP) is 4.41. The van der Waals surface area contributed by atoms with Crippen LogP contribution in [0.5, 0.6) is 5.75 Å². The lowest BCUT2D eigenvalue weighted by Gasteiger charge is -2.08. The molecule has 0 saturated heterocycles. The number of ether oxygens (including phenoxy) is 2. The number of carbonyl (C=O) groups is 1. The van der Waals surface area contributed by atoms with Crippen molar-refractivity contribution in [3.8, 4) is 5.75 Å². The van der Waals surface area contributed by atoms with E-state index in [0.717, 1.165) is 5.56 Å². The number of anilines is 1. The van der Waals surface area contributed by atoms with Gasteiger partial charge in [0.05, 0.1) is 6.61 Å². The van der Waals surface area contributed by atoms with Crippen molar-refractivity contribution in [2.24, 2.45) is 0 Å². The van der Waals surface area contributed by atoms with Crippen LogP contribution in [0.1, 0.15) is 12.5 Å². The van der Waals surface area contributed by atoms with E-state index in [1.54, 1.807) is 24.3 Å². The summed E-state index contributed by atoms with van der Waals surface area (Å²) in [4.78, 5) is 12.0. The fourth-order valence-corrected chi connectivity index (χ4v) is 2.08. The lowest BCUT2D eigenvalue weighted by molar-refractivity contribution is -0.111. The smallest absolute Gasteiger partial charge is 0.248 e. The number of hydrogen-bond donors (Lipinski definition) is 1. The SMILES string of the molecule is CCOCCOc1cccc(NC(=O)/C=C/c2ccc(Cl)cc2)c1. The number of amides is 1. The molecule has 1 amide bonds. The van der Waals surface area contributed by atoms with Crippen LogP contribution in [0.15, 0.2) is 54.6 Å². The number of carbonyl (C=O) groups excluding carboxylic acids is 1. The molecule has 1 N–H and O–H groups in total. The van der Waals surface area contributed by atoms with Gasteiger partial charge in [-0.05, 0) is 42.8 Å².